The Kier molecular flexibility index (Phi) is 15.5. The Morgan fingerprint density at radius 2 is 1.81 bits per heavy atom. The van der Waals surface area contributed by atoms with E-state index in [1.54, 1.807) is 41.3 Å². The standard InChI is InChI=1S/C48H62N8O5S/c1-33(2)39-29-36(47(60)54-24-18-35(19-25-54)9-4-5-20-51-44(57)16-13-37-30-49-21-22-50-37)12-14-41(39)55-27-26-53(31-34(55)3)23-6-7-28-62-43-11-8-10-38-40(43)32-56(48(38)61)42-15-17-45(58)52-46(42)59/h8,10-14,16,21-22,29-30,33-35,42H,4-7,9,15,17-20,23-28,31-32H2,1-3H3,(H,51,57)(H,52,58,59)/b16-13+. The first-order chi connectivity index (χ1) is 30.0. The van der Waals surface area contributed by atoms with Gasteiger partial charge in [0.1, 0.15) is 6.04 Å². The maximum atomic E-state index is 13.8. The van der Waals surface area contributed by atoms with Crippen LogP contribution in [0.3, 0.4) is 0 Å². The van der Waals surface area contributed by atoms with Crippen LogP contribution in [0.15, 0.2) is 66.0 Å². The number of carbonyl (C=O) groups is 5. The summed E-state index contributed by atoms with van der Waals surface area (Å²) in [6.45, 7) is 13.3. The van der Waals surface area contributed by atoms with E-state index in [-0.39, 0.29) is 41.9 Å². The molecule has 0 radical (unpaired) electrons. The van der Waals surface area contributed by atoms with E-state index in [9.17, 15) is 24.0 Å². The molecule has 13 nitrogen and oxygen atoms in total. The zero-order valence-corrected chi connectivity index (χ0v) is 37.3. The van der Waals surface area contributed by atoms with Crippen molar-refractivity contribution in [3.05, 3.63) is 89.0 Å². The molecule has 0 saturated carbocycles. The van der Waals surface area contributed by atoms with E-state index in [1.165, 1.54) is 17.3 Å². The minimum absolute atomic E-state index is 0.124. The summed E-state index contributed by atoms with van der Waals surface area (Å²) in [7, 11) is 0. The van der Waals surface area contributed by atoms with E-state index in [4.69, 9.17) is 0 Å². The summed E-state index contributed by atoms with van der Waals surface area (Å²) in [6, 6.07) is 11.9. The summed E-state index contributed by atoms with van der Waals surface area (Å²) in [5.74, 6) is 1.06. The molecular formula is C48H62N8O5S. The van der Waals surface area contributed by atoms with Gasteiger partial charge >= 0.3 is 0 Å². The largest absolute Gasteiger partial charge is 0.366 e. The third-order valence-electron chi connectivity index (χ3n) is 12.8. The van der Waals surface area contributed by atoms with Crippen molar-refractivity contribution in [3.8, 4) is 0 Å². The number of hydrogen-bond acceptors (Lipinski definition) is 10. The minimum Gasteiger partial charge on any atom is -0.366 e. The lowest BCUT2D eigenvalue weighted by Gasteiger charge is -2.42. The molecule has 14 heteroatoms. The van der Waals surface area contributed by atoms with Crippen LogP contribution in [0.5, 0.6) is 0 Å². The Balaban J connectivity index is 0.812. The molecule has 62 heavy (non-hydrogen) atoms. The topological polar surface area (TPSA) is 148 Å². The fourth-order valence-corrected chi connectivity index (χ4v) is 10.4. The lowest BCUT2D eigenvalue weighted by molar-refractivity contribution is -0.137. The molecule has 0 bridgehead atoms. The number of aromatic nitrogens is 2. The second-order valence-corrected chi connectivity index (χ2v) is 18.6. The molecule has 330 valence electrons. The van der Waals surface area contributed by atoms with Crippen LogP contribution in [-0.2, 0) is 20.9 Å². The molecule has 5 amide bonds. The molecule has 7 rings (SSSR count). The Hall–Kier alpha value is -5.08. The lowest BCUT2D eigenvalue weighted by Crippen LogP contribution is -2.52. The van der Waals surface area contributed by atoms with Gasteiger partial charge in [0.05, 0.1) is 11.9 Å². The Morgan fingerprint density at radius 1 is 0.968 bits per heavy atom. The smallest absolute Gasteiger partial charge is 0.255 e. The Morgan fingerprint density at radius 3 is 2.56 bits per heavy atom. The number of piperazine rings is 1. The first-order valence-electron chi connectivity index (χ1n) is 22.6. The van der Waals surface area contributed by atoms with Crippen molar-refractivity contribution >= 4 is 53.1 Å². The second-order valence-electron chi connectivity index (χ2n) is 17.5. The number of fused-ring (bicyclic) bond motifs is 1. The van der Waals surface area contributed by atoms with Gasteiger partial charge in [0, 0.05) is 98.5 Å². The molecular weight excluding hydrogens is 801 g/mol. The van der Waals surface area contributed by atoms with Crippen molar-refractivity contribution in [2.75, 3.05) is 56.5 Å². The van der Waals surface area contributed by atoms with Gasteiger partial charge in [-0.2, -0.15) is 0 Å². The highest BCUT2D eigenvalue weighted by atomic mass is 32.2. The number of unbranched alkanes of at least 4 members (excludes halogenated alkanes) is 2. The van der Waals surface area contributed by atoms with E-state index < -0.39 is 6.04 Å². The Bertz CT molecular complexity index is 2110. The van der Waals surface area contributed by atoms with Crippen LogP contribution in [0.4, 0.5) is 5.69 Å². The first kappa shape index (κ1) is 45.0. The van der Waals surface area contributed by atoms with Crippen molar-refractivity contribution in [3.63, 3.8) is 0 Å². The lowest BCUT2D eigenvalue weighted by atomic mass is 9.91. The predicted molar refractivity (Wildman–Crippen MR) is 243 cm³/mol. The molecule has 0 spiro atoms. The van der Waals surface area contributed by atoms with E-state index in [0.29, 0.717) is 42.7 Å². The van der Waals surface area contributed by atoms with Gasteiger partial charge in [0.15, 0.2) is 0 Å². The minimum atomic E-state index is -0.600. The molecule has 1 aromatic heterocycles. The maximum absolute atomic E-state index is 13.8. The van der Waals surface area contributed by atoms with E-state index in [0.717, 1.165) is 106 Å². The molecule has 4 aliphatic rings. The number of likely N-dealkylation sites (tertiary alicyclic amines) is 1. The van der Waals surface area contributed by atoms with Crippen molar-refractivity contribution in [2.45, 2.75) is 108 Å². The summed E-state index contributed by atoms with van der Waals surface area (Å²) >= 11 is 1.78. The zero-order chi connectivity index (χ0) is 43.6. The molecule has 5 heterocycles. The third kappa shape index (κ3) is 11.3. The van der Waals surface area contributed by atoms with Crippen LogP contribution >= 0.6 is 11.8 Å². The third-order valence-corrected chi connectivity index (χ3v) is 14.0. The van der Waals surface area contributed by atoms with E-state index in [1.807, 2.05) is 23.1 Å². The first-order valence-corrected chi connectivity index (χ1v) is 23.6. The molecule has 2 aromatic carbocycles. The molecule has 2 N–H and O–H groups in total. The highest BCUT2D eigenvalue weighted by molar-refractivity contribution is 7.99. The van der Waals surface area contributed by atoms with Crippen LogP contribution in [0.25, 0.3) is 6.08 Å². The predicted octanol–water partition coefficient (Wildman–Crippen LogP) is 6.30. The van der Waals surface area contributed by atoms with Crippen LogP contribution in [0, 0.1) is 5.92 Å². The number of amides is 5. The SMILES string of the molecule is CC(C)c1cc(C(=O)N2CCC(CCCCNC(=O)/C=C/c3cnccn3)CC2)ccc1N1CCN(CCCCSc2cccc3c2CN(C2CCC(=O)NC2=O)C3=O)CC1C. The number of nitrogens with one attached hydrogen (secondary N) is 2. The summed E-state index contributed by atoms with van der Waals surface area (Å²) < 4.78 is 0. The fourth-order valence-electron chi connectivity index (χ4n) is 9.31. The van der Waals surface area contributed by atoms with E-state index >= 15 is 0 Å². The van der Waals surface area contributed by atoms with Crippen molar-refractivity contribution < 1.29 is 24.0 Å². The number of benzene rings is 2. The highest BCUT2D eigenvalue weighted by Gasteiger charge is 2.40. The number of hydrogen-bond donors (Lipinski definition) is 2. The van der Waals surface area contributed by atoms with Gasteiger partial charge < -0.3 is 20.0 Å². The van der Waals surface area contributed by atoms with Crippen LogP contribution in [0.1, 0.15) is 122 Å². The quantitative estimate of drug-likeness (QED) is 0.0687. The van der Waals surface area contributed by atoms with Gasteiger partial charge in [-0.25, -0.2) is 0 Å². The normalized spacial score (nSPS) is 20.0. The monoisotopic (exact) mass is 862 g/mol. The summed E-state index contributed by atoms with van der Waals surface area (Å²) in [5.41, 5.74) is 5.56. The molecule has 2 unspecified atom stereocenters. The van der Waals surface area contributed by atoms with Gasteiger partial charge in [-0.15, -0.1) is 11.8 Å². The van der Waals surface area contributed by atoms with Crippen LogP contribution < -0.4 is 15.5 Å². The molecule has 0 aliphatic carbocycles. The van der Waals surface area contributed by atoms with Crippen LogP contribution in [0.2, 0.25) is 0 Å². The van der Waals surface area contributed by atoms with Gasteiger partial charge in [0.25, 0.3) is 11.8 Å². The average molecular weight is 863 g/mol. The summed E-state index contributed by atoms with van der Waals surface area (Å²) in [4.78, 5) is 81.3. The highest BCUT2D eigenvalue weighted by Crippen LogP contribution is 2.36. The van der Waals surface area contributed by atoms with Crippen molar-refractivity contribution in [1.29, 1.82) is 0 Å². The maximum Gasteiger partial charge on any atom is 0.255 e. The van der Waals surface area contributed by atoms with Crippen LogP contribution in [-0.4, -0.2) is 118 Å². The summed E-state index contributed by atoms with van der Waals surface area (Å²) in [6.07, 6.45) is 15.9. The molecule has 3 saturated heterocycles. The van der Waals surface area contributed by atoms with Gasteiger partial charge in [-0.05, 0) is 117 Å². The zero-order valence-electron chi connectivity index (χ0n) is 36.5. The number of carbonyl (C=O) groups excluding carboxylic acids is 5. The Labute approximate surface area is 370 Å². The van der Waals surface area contributed by atoms with Gasteiger partial charge in [0.2, 0.25) is 17.7 Å². The second kappa shape index (κ2) is 21.3. The fraction of sp³-hybridized carbons (Fsp3) is 0.521. The number of nitrogens with zero attached hydrogens (tertiary/aromatic N) is 6. The van der Waals surface area contributed by atoms with Crippen molar-refractivity contribution in [2.24, 2.45) is 5.92 Å². The van der Waals surface area contributed by atoms with Crippen molar-refractivity contribution in [1.82, 2.24) is 35.3 Å². The molecule has 3 aromatic rings. The van der Waals surface area contributed by atoms with Gasteiger partial charge in [-0.3, -0.25) is 44.2 Å². The number of anilines is 1. The average Bonchev–Trinajstić information content (AvgIpc) is 3.61. The molecule has 2 atom stereocenters. The molecule has 4 aliphatic heterocycles. The summed E-state index contributed by atoms with van der Waals surface area (Å²) in [5, 5.41) is 5.34. The number of thioether (sulfide) groups is 1. The van der Waals surface area contributed by atoms with Gasteiger partial charge in [-0.1, -0.05) is 32.8 Å². The van der Waals surface area contributed by atoms with E-state index in [2.05, 4.69) is 69.4 Å². The number of imide groups is 1. The molecule has 3 fully saturated rings. The number of rotatable bonds is 17. The number of piperidine rings is 2.